The highest BCUT2D eigenvalue weighted by molar-refractivity contribution is 5.90. The van der Waals surface area contributed by atoms with Crippen molar-refractivity contribution in [1.29, 1.82) is 0 Å². The third-order valence-corrected chi connectivity index (χ3v) is 8.92. The number of anilines is 2. The zero-order valence-electron chi connectivity index (χ0n) is 30.9. The lowest BCUT2D eigenvalue weighted by molar-refractivity contribution is -0.441. The van der Waals surface area contributed by atoms with Crippen LogP contribution in [0.3, 0.4) is 0 Å². The highest BCUT2D eigenvalue weighted by Crippen LogP contribution is 2.66. The van der Waals surface area contributed by atoms with Gasteiger partial charge in [0.25, 0.3) is 0 Å². The summed E-state index contributed by atoms with van der Waals surface area (Å²) in [5, 5.41) is 1.51. The van der Waals surface area contributed by atoms with E-state index in [1.54, 1.807) is 0 Å². The molecule has 0 saturated heterocycles. The molecular weight excluding hydrogens is 1040 g/mol. The topological polar surface area (TPSA) is 58.2 Å². The monoisotopic (exact) mass is 1050 g/mol. The van der Waals surface area contributed by atoms with Crippen molar-refractivity contribution in [2.24, 2.45) is 0 Å². The second-order valence-corrected chi connectivity index (χ2v) is 13.4. The molecule has 2 aromatic carbocycles. The molecular formula is C31H14F32N2O2. The van der Waals surface area contributed by atoms with Crippen molar-refractivity contribution < 1.29 is 150 Å². The maximum atomic E-state index is 15.5. The molecule has 0 aliphatic carbocycles. The number of carbonyl (C=O) groups is 2. The maximum absolute atomic E-state index is 15.5. The van der Waals surface area contributed by atoms with Gasteiger partial charge in [0.15, 0.2) is 0 Å². The molecule has 0 radical (unpaired) electrons. The first-order valence-corrected chi connectivity index (χ1v) is 15.9. The highest BCUT2D eigenvalue weighted by atomic mass is 19.5. The second kappa shape index (κ2) is 16.1. The summed E-state index contributed by atoms with van der Waals surface area (Å²) < 4.78 is 455. The Bertz CT molecular complexity index is 2040. The Morgan fingerprint density at radius 2 is 0.552 bits per heavy atom. The average molecular weight is 1050 g/mol. The summed E-state index contributed by atoms with van der Waals surface area (Å²) in [5.41, 5.74) is -27.0. The molecule has 2 aromatic rings. The lowest BCUT2D eigenvalue weighted by Gasteiger charge is -2.42. The quantitative estimate of drug-likeness (QED) is 0.185. The van der Waals surface area contributed by atoms with Gasteiger partial charge in [-0.2, -0.15) is 140 Å². The fraction of sp³-hybridized carbons (Fsp3) is 0.548. The molecule has 0 aliphatic heterocycles. The van der Waals surface area contributed by atoms with E-state index in [0.717, 1.165) is 10.6 Å². The molecule has 0 atom stereocenters. The van der Waals surface area contributed by atoms with Gasteiger partial charge in [0.05, 0.1) is 22.5 Å². The summed E-state index contributed by atoms with van der Waals surface area (Å²) >= 11 is 0. The highest BCUT2D eigenvalue weighted by Gasteiger charge is 2.92. The molecule has 2 N–H and O–H groups in total. The van der Waals surface area contributed by atoms with Crippen LogP contribution in [0.1, 0.15) is 36.1 Å². The van der Waals surface area contributed by atoms with Crippen molar-refractivity contribution in [2.75, 3.05) is 10.6 Å². The van der Waals surface area contributed by atoms with E-state index in [-0.39, 0.29) is 13.8 Å². The summed E-state index contributed by atoms with van der Waals surface area (Å²) in [7, 11) is 0. The van der Waals surface area contributed by atoms with E-state index in [4.69, 9.17) is 0 Å². The number of alkyl halides is 32. The largest absolute Gasteiger partial charge is 0.460 e. The molecule has 0 unspecified atom stereocenters. The van der Waals surface area contributed by atoms with E-state index >= 15 is 43.9 Å². The minimum absolute atomic E-state index is 0.00804. The van der Waals surface area contributed by atoms with Gasteiger partial charge >= 0.3 is 83.9 Å². The third-order valence-electron chi connectivity index (χ3n) is 8.92. The standard InChI is InChI=1S/C31H14F32N2O2/c1-9(66)64-15-5-3-11(7-13(15)18(32,33)20(36,37)22(40,41)24(44,45)26(48,49)30(58,59)60)17(28(52,53)54,29(55,56)57)12-4-6-16(65-10(2)67)14(8-12)19(34,35)21(38,39)23(42,43)25(46,47)27(50,51)31(61,62)63/h3-8H,1-2H3,(H,64,66)(H,65,67). The van der Waals surface area contributed by atoms with E-state index in [9.17, 15) is 106 Å². The van der Waals surface area contributed by atoms with Gasteiger partial charge in [-0.1, -0.05) is 12.1 Å². The number of benzene rings is 2. The molecule has 67 heavy (non-hydrogen) atoms. The fourth-order valence-corrected chi connectivity index (χ4v) is 5.53. The normalized spacial score (nSPS) is 15.4. The minimum Gasteiger partial charge on any atom is -0.326 e. The fourth-order valence-electron chi connectivity index (χ4n) is 5.53. The van der Waals surface area contributed by atoms with E-state index in [0.29, 0.717) is 0 Å². The van der Waals surface area contributed by atoms with Crippen LogP contribution < -0.4 is 10.6 Å². The molecule has 0 spiro atoms. The second-order valence-electron chi connectivity index (χ2n) is 13.4. The first kappa shape index (κ1) is 58.3. The molecule has 4 nitrogen and oxygen atoms in total. The molecule has 0 saturated carbocycles. The Labute approximate surface area is 346 Å². The smallest absolute Gasteiger partial charge is 0.326 e. The van der Waals surface area contributed by atoms with Crippen molar-refractivity contribution in [2.45, 2.75) is 103 Å². The van der Waals surface area contributed by atoms with Crippen molar-refractivity contribution in [3.05, 3.63) is 58.7 Å². The zero-order valence-corrected chi connectivity index (χ0v) is 30.9. The number of rotatable bonds is 14. The minimum atomic E-state index is -8.90. The van der Waals surface area contributed by atoms with Crippen molar-refractivity contribution in [3.63, 3.8) is 0 Å². The van der Waals surface area contributed by atoms with Crippen LogP contribution in [0.15, 0.2) is 36.4 Å². The van der Waals surface area contributed by atoms with Gasteiger partial charge in [-0.3, -0.25) is 9.59 Å². The molecule has 36 heteroatoms. The van der Waals surface area contributed by atoms with Gasteiger partial charge in [-0.15, -0.1) is 0 Å². The van der Waals surface area contributed by atoms with Gasteiger partial charge in [0.2, 0.25) is 17.2 Å². The SMILES string of the molecule is CC(=O)Nc1ccc(C(c2ccc(NC(C)=O)c(C(F)(F)C(F)(F)C(F)(F)C(F)(F)C(F)(F)C(F)(F)F)c2)(C(F)(F)F)C(F)(F)F)cc1C(F)(F)C(F)(F)C(F)(F)C(F)(F)C(F)(F)C(F)(F)F. The lowest BCUT2D eigenvalue weighted by Crippen LogP contribution is -2.69. The Hall–Kier alpha value is -4.86. The van der Waals surface area contributed by atoms with Crippen LogP contribution in [-0.2, 0) is 26.8 Å². The number of amides is 2. The predicted molar refractivity (Wildman–Crippen MR) is 154 cm³/mol. The summed E-state index contributed by atoms with van der Waals surface area (Å²) in [6.45, 7) is 0.0161. The van der Waals surface area contributed by atoms with E-state index in [1.807, 2.05) is 0 Å². The number of carbonyl (C=O) groups excluding carboxylic acids is 2. The summed E-state index contributed by atoms with van der Waals surface area (Å²) in [6.07, 6.45) is -31.7. The van der Waals surface area contributed by atoms with E-state index in [2.05, 4.69) is 0 Å². The van der Waals surface area contributed by atoms with Gasteiger partial charge in [0.1, 0.15) is 0 Å². The molecule has 0 aliphatic rings. The lowest BCUT2D eigenvalue weighted by atomic mass is 9.71. The van der Waals surface area contributed by atoms with Gasteiger partial charge in [0, 0.05) is 13.8 Å². The van der Waals surface area contributed by atoms with Crippen LogP contribution >= 0.6 is 0 Å². The van der Waals surface area contributed by atoms with Gasteiger partial charge < -0.3 is 10.6 Å². The summed E-state index contributed by atoms with van der Waals surface area (Å²) in [6, 6.07) is -8.01. The van der Waals surface area contributed by atoms with E-state index in [1.165, 1.54) is 0 Å². The molecule has 0 fully saturated rings. The van der Waals surface area contributed by atoms with Crippen LogP contribution in [0.5, 0.6) is 0 Å². The van der Waals surface area contributed by atoms with Crippen molar-refractivity contribution in [3.8, 4) is 0 Å². The Balaban J connectivity index is 3.40. The number of nitrogens with one attached hydrogen (secondary N) is 2. The van der Waals surface area contributed by atoms with Gasteiger partial charge in [-0.25, -0.2) is 0 Å². The van der Waals surface area contributed by atoms with E-state index < -0.39 is 171 Å². The molecule has 0 bridgehead atoms. The zero-order chi connectivity index (χ0) is 53.8. The Kier molecular flexibility index (Phi) is 14.0. The van der Waals surface area contributed by atoms with Crippen LogP contribution in [0, 0.1) is 0 Å². The average Bonchev–Trinajstić information content (AvgIpc) is 3.09. The Morgan fingerprint density at radius 1 is 0.328 bits per heavy atom. The first-order valence-electron chi connectivity index (χ1n) is 15.9. The van der Waals surface area contributed by atoms with Crippen molar-refractivity contribution >= 4 is 23.2 Å². The number of halogens is 32. The molecule has 0 aromatic heterocycles. The molecule has 2 amide bonds. The molecule has 0 heterocycles. The van der Waals surface area contributed by atoms with Crippen molar-refractivity contribution in [1.82, 2.24) is 0 Å². The Morgan fingerprint density at radius 3 is 0.746 bits per heavy atom. The number of hydrogen-bond acceptors (Lipinski definition) is 2. The van der Waals surface area contributed by atoms with Crippen LogP contribution in [0.25, 0.3) is 0 Å². The summed E-state index contributed by atoms with van der Waals surface area (Å²) in [4.78, 5) is 23.1. The van der Waals surface area contributed by atoms with Gasteiger partial charge in [-0.05, 0) is 35.4 Å². The van der Waals surface area contributed by atoms with Crippen LogP contribution in [0.4, 0.5) is 152 Å². The third kappa shape index (κ3) is 8.24. The molecule has 384 valence electrons. The van der Waals surface area contributed by atoms with Crippen LogP contribution in [0.2, 0.25) is 0 Å². The summed E-state index contributed by atoms with van der Waals surface area (Å²) in [5.74, 6) is -89.9. The first-order chi connectivity index (χ1) is 29.0. The number of hydrogen-bond donors (Lipinski definition) is 2. The maximum Gasteiger partial charge on any atom is 0.460 e. The molecule has 2 rings (SSSR count). The van der Waals surface area contributed by atoms with Crippen LogP contribution in [-0.4, -0.2) is 83.9 Å². The predicted octanol–water partition coefficient (Wildman–Crippen LogP) is 13.4.